The Morgan fingerprint density at radius 3 is 2.70 bits per heavy atom. The molecule has 0 saturated heterocycles. The predicted molar refractivity (Wildman–Crippen MR) is 107 cm³/mol. The number of amides is 1. The van der Waals surface area contributed by atoms with Gasteiger partial charge >= 0.3 is 0 Å². The van der Waals surface area contributed by atoms with Crippen molar-refractivity contribution in [2.75, 3.05) is 12.9 Å². The second-order valence-corrected chi connectivity index (χ2v) is 7.03. The molecule has 140 valence electrons. The summed E-state index contributed by atoms with van der Waals surface area (Å²) >= 11 is 1.36. The lowest BCUT2D eigenvalue weighted by atomic mass is 10.1. The molecule has 0 aliphatic carbocycles. The van der Waals surface area contributed by atoms with Gasteiger partial charge in [0.2, 0.25) is 5.91 Å². The van der Waals surface area contributed by atoms with Gasteiger partial charge in [0.15, 0.2) is 11.0 Å². The van der Waals surface area contributed by atoms with E-state index < -0.39 is 0 Å². The van der Waals surface area contributed by atoms with E-state index in [4.69, 9.17) is 4.74 Å². The lowest BCUT2D eigenvalue weighted by Crippen LogP contribution is -2.28. The maximum atomic E-state index is 12.3. The van der Waals surface area contributed by atoms with Crippen LogP contribution in [-0.2, 0) is 11.8 Å². The highest BCUT2D eigenvalue weighted by Gasteiger charge is 2.15. The summed E-state index contributed by atoms with van der Waals surface area (Å²) in [5, 5.41) is 12.2. The van der Waals surface area contributed by atoms with Gasteiger partial charge < -0.3 is 14.6 Å². The number of methoxy groups -OCH3 is 1. The summed E-state index contributed by atoms with van der Waals surface area (Å²) in [5.41, 5.74) is 1.99. The van der Waals surface area contributed by atoms with Crippen LogP contribution in [0.5, 0.6) is 5.75 Å². The van der Waals surface area contributed by atoms with Crippen molar-refractivity contribution in [2.24, 2.45) is 7.05 Å². The minimum absolute atomic E-state index is 0.0360. The van der Waals surface area contributed by atoms with Crippen molar-refractivity contribution >= 4 is 17.7 Å². The number of carbonyl (C=O) groups excluding carboxylic acids is 1. The van der Waals surface area contributed by atoms with Crippen LogP contribution in [0.2, 0.25) is 0 Å². The van der Waals surface area contributed by atoms with Crippen LogP contribution in [0.4, 0.5) is 0 Å². The minimum atomic E-state index is -0.0396. The Morgan fingerprint density at radius 1 is 1.19 bits per heavy atom. The summed E-state index contributed by atoms with van der Waals surface area (Å²) in [5.74, 6) is 1.73. The SMILES string of the molecule is COc1cccc(-c2nnc(SCC(=O)NC(C)c3ccccc3)n2C)c1. The standard InChI is InChI=1S/C20H22N4O2S/c1-14(15-8-5-4-6-9-15)21-18(25)13-27-20-23-22-19(24(20)2)16-10-7-11-17(12-16)26-3/h4-12,14H,13H2,1-3H3,(H,21,25). The molecule has 0 radical (unpaired) electrons. The Bertz CT molecular complexity index is 911. The van der Waals surface area contributed by atoms with E-state index in [9.17, 15) is 4.79 Å². The highest BCUT2D eigenvalue weighted by Crippen LogP contribution is 2.25. The molecule has 1 N–H and O–H groups in total. The van der Waals surface area contributed by atoms with Crippen LogP contribution >= 0.6 is 11.8 Å². The number of carbonyl (C=O) groups is 1. The molecule has 27 heavy (non-hydrogen) atoms. The zero-order valence-corrected chi connectivity index (χ0v) is 16.4. The third-order valence-corrected chi connectivity index (χ3v) is 5.19. The number of thioether (sulfide) groups is 1. The molecule has 1 amide bonds. The second kappa shape index (κ2) is 8.73. The molecule has 0 spiro atoms. The fraction of sp³-hybridized carbons (Fsp3) is 0.250. The van der Waals surface area contributed by atoms with E-state index in [-0.39, 0.29) is 17.7 Å². The van der Waals surface area contributed by atoms with E-state index >= 15 is 0 Å². The summed E-state index contributed by atoms with van der Waals surface area (Å²) in [6, 6.07) is 17.5. The maximum Gasteiger partial charge on any atom is 0.230 e. The van der Waals surface area contributed by atoms with Crippen LogP contribution in [0, 0.1) is 0 Å². The van der Waals surface area contributed by atoms with Gasteiger partial charge in [-0.2, -0.15) is 0 Å². The predicted octanol–water partition coefficient (Wildman–Crippen LogP) is 3.46. The molecule has 0 fully saturated rings. The van der Waals surface area contributed by atoms with Crippen molar-refractivity contribution in [3.8, 4) is 17.1 Å². The number of benzene rings is 2. The molecule has 1 heterocycles. The van der Waals surface area contributed by atoms with Crippen molar-refractivity contribution in [1.29, 1.82) is 0 Å². The van der Waals surface area contributed by atoms with E-state index in [1.54, 1.807) is 7.11 Å². The van der Waals surface area contributed by atoms with Crippen LogP contribution in [-0.4, -0.2) is 33.5 Å². The molecule has 2 aromatic carbocycles. The number of aromatic nitrogens is 3. The van der Waals surface area contributed by atoms with Gasteiger partial charge in [0.25, 0.3) is 0 Å². The zero-order chi connectivity index (χ0) is 19.2. The Balaban J connectivity index is 1.61. The first-order chi connectivity index (χ1) is 13.1. The molecule has 1 aromatic heterocycles. The fourth-order valence-corrected chi connectivity index (χ4v) is 3.41. The summed E-state index contributed by atoms with van der Waals surface area (Å²) in [6.45, 7) is 1.97. The summed E-state index contributed by atoms with van der Waals surface area (Å²) in [4.78, 5) is 12.3. The lowest BCUT2D eigenvalue weighted by Gasteiger charge is -2.14. The van der Waals surface area contributed by atoms with Crippen molar-refractivity contribution in [3.63, 3.8) is 0 Å². The molecule has 0 saturated carbocycles. The van der Waals surface area contributed by atoms with Gasteiger partial charge in [0.1, 0.15) is 5.75 Å². The summed E-state index contributed by atoms with van der Waals surface area (Å²) in [7, 11) is 3.52. The quantitative estimate of drug-likeness (QED) is 0.634. The average Bonchev–Trinajstić information content (AvgIpc) is 3.07. The molecular weight excluding hydrogens is 360 g/mol. The zero-order valence-electron chi connectivity index (χ0n) is 15.5. The van der Waals surface area contributed by atoms with Gasteiger partial charge in [-0.3, -0.25) is 4.79 Å². The number of nitrogens with one attached hydrogen (secondary N) is 1. The Kier molecular flexibility index (Phi) is 6.13. The van der Waals surface area contributed by atoms with Crippen LogP contribution in [0.15, 0.2) is 59.8 Å². The Hall–Kier alpha value is -2.80. The first kappa shape index (κ1) is 19.0. The molecule has 3 rings (SSSR count). The Morgan fingerprint density at radius 2 is 1.96 bits per heavy atom. The van der Waals surface area contributed by atoms with Crippen LogP contribution in [0.25, 0.3) is 11.4 Å². The average molecular weight is 382 g/mol. The first-order valence-corrected chi connectivity index (χ1v) is 9.58. The molecule has 0 aliphatic heterocycles. The smallest absolute Gasteiger partial charge is 0.230 e. The lowest BCUT2D eigenvalue weighted by molar-refractivity contribution is -0.119. The largest absolute Gasteiger partial charge is 0.497 e. The van der Waals surface area contributed by atoms with Crippen LogP contribution < -0.4 is 10.1 Å². The molecule has 1 unspecified atom stereocenters. The van der Waals surface area contributed by atoms with E-state index in [1.165, 1.54) is 11.8 Å². The van der Waals surface area contributed by atoms with Crippen molar-refractivity contribution in [3.05, 3.63) is 60.2 Å². The number of hydrogen-bond donors (Lipinski definition) is 1. The number of ether oxygens (including phenoxy) is 1. The van der Waals surface area contributed by atoms with Crippen molar-refractivity contribution < 1.29 is 9.53 Å². The monoisotopic (exact) mass is 382 g/mol. The third kappa shape index (κ3) is 4.68. The molecule has 0 bridgehead atoms. The van der Waals surface area contributed by atoms with Gasteiger partial charge in [-0.25, -0.2) is 0 Å². The summed E-state index contributed by atoms with van der Waals surface area (Å²) < 4.78 is 7.14. The van der Waals surface area contributed by atoms with Crippen molar-refractivity contribution in [2.45, 2.75) is 18.1 Å². The highest BCUT2D eigenvalue weighted by atomic mass is 32.2. The van der Waals surface area contributed by atoms with Gasteiger partial charge in [0, 0.05) is 12.6 Å². The van der Waals surface area contributed by atoms with Gasteiger partial charge in [-0.15, -0.1) is 10.2 Å². The van der Waals surface area contributed by atoms with Gasteiger partial charge in [-0.05, 0) is 24.6 Å². The number of hydrogen-bond acceptors (Lipinski definition) is 5. The van der Waals surface area contributed by atoms with Crippen LogP contribution in [0.1, 0.15) is 18.5 Å². The van der Waals surface area contributed by atoms with E-state index in [1.807, 2.05) is 73.1 Å². The number of nitrogens with zero attached hydrogens (tertiary/aromatic N) is 3. The van der Waals surface area contributed by atoms with Crippen molar-refractivity contribution in [1.82, 2.24) is 20.1 Å². The molecule has 1 atom stereocenters. The normalized spacial score (nSPS) is 11.8. The Labute approximate surface area is 163 Å². The highest BCUT2D eigenvalue weighted by molar-refractivity contribution is 7.99. The fourth-order valence-electron chi connectivity index (χ4n) is 2.69. The van der Waals surface area contributed by atoms with Gasteiger partial charge in [-0.1, -0.05) is 54.2 Å². The third-order valence-electron chi connectivity index (χ3n) is 4.17. The molecular formula is C20H22N4O2S. The van der Waals surface area contributed by atoms with E-state index in [2.05, 4.69) is 15.5 Å². The first-order valence-electron chi connectivity index (χ1n) is 8.59. The topological polar surface area (TPSA) is 69.0 Å². The number of rotatable bonds is 7. The molecule has 0 aliphatic rings. The summed E-state index contributed by atoms with van der Waals surface area (Å²) in [6.07, 6.45) is 0. The molecule has 7 heteroatoms. The van der Waals surface area contributed by atoms with Crippen LogP contribution in [0.3, 0.4) is 0 Å². The molecule has 3 aromatic rings. The van der Waals surface area contributed by atoms with Gasteiger partial charge in [0.05, 0.1) is 18.9 Å². The van der Waals surface area contributed by atoms with E-state index in [0.29, 0.717) is 5.16 Å². The van der Waals surface area contributed by atoms with E-state index in [0.717, 1.165) is 22.7 Å². The second-order valence-electron chi connectivity index (χ2n) is 6.09. The molecule has 6 nitrogen and oxygen atoms in total. The minimum Gasteiger partial charge on any atom is -0.497 e. The maximum absolute atomic E-state index is 12.3.